The quantitative estimate of drug-likeness (QED) is 0.807. The predicted molar refractivity (Wildman–Crippen MR) is 101 cm³/mol. The Morgan fingerprint density at radius 1 is 1.12 bits per heavy atom. The van der Waals surface area contributed by atoms with Gasteiger partial charge in [-0.1, -0.05) is 47.1 Å². The van der Waals surface area contributed by atoms with Gasteiger partial charge in [0.25, 0.3) is 0 Å². The minimum atomic E-state index is -3.64. The first-order chi connectivity index (χ1) is 12.4. The molecule has 2 aliphatic rings. The molecule has 0 amide bonds. The molecule has 2 aliphatic heterocycles. The third-order valence-corrected chi connectivity index (χ3v) is 7.51. The number of benzene rings is 2. The van der Waals surface area contributed by atoms with Crippen molar-refractivity contribution in [2.45, 2.75) is 24.8 Å². The minimum Gasteiger partial charge on any atom is -0.390 e. The van der Waals surface area contributed by atoms with Crippen LogP contribution in [0.4, 0.5) is 0 Å². The molecular formula is C19H19ClN2O3S. The number of sulfonamides is 1. The Kier molecular flexibility index (Phi) is 4.29. The predicted octanol–water partition coefficient (Wildman–Crippen LogP) is 3.38. The second-order valence-electron chi connectivity index (χ2n) is 6.73. The maximum Gasteiger partial charge on any atom is 0.243 e. The first-order valence-corrected chi connectivity index (χ1v) is 10.3. The molecule has 2 heterocycles. The van der Waals surface area contributed by atoms with Crippen LogP contribution in [-0.2, 0) is 14.9 Å². The second-order valence-corrected chi connectivity index (χ2v) is 9.04. The molecule has 0 spiro atoms. The summed E-state index contributed by atoms with van der Waals surface area (Å²) >= 11 is 6.12. The van der Waals surface area contributed by atoms with E-state index in [0.717, 1.165) is 16.8 Å². The molecule has 1 saturated heterocycles. The van der Waals surface area contributed by atoms with Crippen LogP contribution in [0.2, 0.25) is 5.02 Å². The molecule has 2 unspecified atom stereocenters. The van der Waals surface area contributed by atoms with Crippen LogP contribution < -0.4 is 0 Å². The summed E-state index contributed by atoms with van der Waals surface area (Å²) in [5.74, 6) is -0.0645. The van der Waals surface area contributed by atoms with E-state index in [1.165, 1.54) is 4.31 Å². The number of fused-ring (bicyclic) bond motifs is 1. The molecule has 2 aromatic carbocycles. The van der Waals surface area contributed by atoms with Crippen LogP contribution in [0.5, 0.6) is 0 Å². The van der Waals surface area contributed by atoms with Crippen LogP contribution >= 0.6 is 11.6 Å². The van der Waals surface area contributed by atoms with Gasteiger partial charge >= 0.3 is 0 Å². The number of hydrogen-bond acceptors (Lipinski definition) is 4. The molecule has 2 atom stereocenters. The smallest absolute Gasteiger partial charge is 0.243 e. The number of aryl methyl sites for hydroxylation is 1. The molecule has 0 aromatic heterocycles. The summed E-state index contributed by atoms with van der Waals surface area (Å²) in [6.07, 6.45) is -0.251. The molecule has 4 rings (SSSR count). The van der Waals surface area contributed by atoms with E-state index < -0.39 is 10.0 Å². The van der Waals surface area contributed by atoms with Crippen molar-refractivity contribution in [1.29, 1.82) is 0 Å². The lowest BCUT2D eigenvalue weighted by atomic mass is 9.92. The molecule has 0 radical (unpaired) electrons. The van der Waals surface area contributed by atoms with Crippen LogP contribution in [0.25, 0.3) is 0 Å². The monoisotopic (exact) mass is 390 g/mol. The standard InChI is InChI=1S/C19H19ClN2O3S/c1-12-6-3-4-7-14(12)19-15-10-22(11-17(15)25-21-19)26(23,24)18-9-5-8-16(20)13(18)2/h3-9,15,17H,10-11H2,1-2H3. The van der Waals surface area contributed by atoms with Crippen LogP contribution in [0.1, 0.15) is 16.7 Å². The number of nitrogens with zero attached hydrogens (tertiary/aromatic N) is 2. The first-order valence-electron chi connectivity index (χ1n) is 8.44. The maximum atomic E-state index is 13.1. The molecule has 5 nitrogen and oxygen atoms in total. The second kappa shape index (κ2) is 6.37. The zero-order valence-corrected chi connectivity index (χ0v) is 16.1. The lowest BCUT2D eigenvalue weighted by molar-refractivity contribution is 0.0803. The van der Waals surface area contributed by atoms with E-state index in [9.17, 15) is 8.42 Å². The Labute approximate surface area is 158 Å². The Hall–Kier alpha value is -1.89. The number of oxime groups is 1. The summed E-state index contributed by atoms with van der Waals surface area (Å²) in [7, 11) is -3.64. The summed E-state index contributed by atoms with van der Waals surface area (Å²) in [6, 6.07) is 12.9. The van der Waals surface area contributed by atoms with Gasteiger partial charge in [-0.3, -0.25) is 0 Å². The number of halogens is 1. The molecular weight excluding hydrogens is 372 g/mol. The third kappa shape index (κ3) is 2.73. The summed E-state index contributed by atoms with van der Waals surface area (Å²) in [5.41, 5.74) is 3.51. The molecule has 0 N–H and O–H groups in total. The summed E-state index contributed by atoms with van der Waals surface area (Å²) in [4.78, 5) is 5.82. The van der Waals surface area contributed by atoms with Crippen molar-refractivity contribution in [3.63, 3.8) is 0 Å². The number of hydrogen-bond donors (Lipinski definition) is 0. The first kappa shape index (κ1) is 17.5. The Morgan fingerprint density at radius 3 is 2.65 bits per heavy atom. The zero-order chi connectivity index (χ0) is 18.5. The van der Waals surface area contributed by atoms with Crippen molar-refractivity contribution >= 4 is 27.3 Å². The fourth-order valence-corrected chi connectivity index (χ4v) is 5.57. The Bertz CT molecular complexity index is 1000. The van der Waals surface area contributed by atoms with Crippen molar-refractivity contribution in [2.24, 2.45) is 11.1 Å². The van der Waals surface area contributed by atoms with E-state index in [1.54, 1.807) is 25.1 Å². The molecule has 0 saturated carbocycles. The van der Waals surface area contributed by atoms with Crippen molar-refractivity contribution in [3.8, 4) is 0 Å². The van der Waals surface area contributed by atoms with E-state index in [4.69, 9.17) is 16.4 Å². The Morgan fingerprint density at radius 2 is 1.88 bits per heavy atom. The highest BCUT2D eigenvalue weighted by atomic mass is 35.5. The van der Waals surface area contributed by atoms with Crippen LogP contribution in [0.3, 0.4) is 0 Å². The SMILES string of the molecule is Cc1ccccc1C1=NOC2CN(S(=O)(=O)c3cccc(Cl)c3C)CC12. The topological polar surface area (TPSA) is 59.0 Å². The van der Waals surface area contributed by atoms with Gasteiger partial charge in [0, 0.05) is 17.1 Å². The van der Waals surface area contributed by atoms with Gasteiger partial charge in [0.15, 0.2) is 6.10 Å². The lowest BCUT2D eigenvalue weighted by Gasteiger charge is -2.19. The average Bonchev–Trinajstić information content (AvgIpc) is 3.19. The Balaban J connectivity index is 1.64. The van der Waals surface area contributed by atoms with Crippen molar-refractivity contribution in [3.05, 3.63) is 64.2 Å². The van der Waals surface area contributed by atoms with E-state index in [-0.39, 0.29) is 23.5 Å². The maximum absolute atomic E-state index is 13.1. The van der Waals surface area contributed by atoms with E-state index in [2.05, 4.69) is 5.16 Å². The zero-order valence-electron chi connectivity index (χ0n) is 14.5. The molecule has 7 heteroatoms. The highest BCUT2D eigenvalue weighted by Crippen LogP contribution is 2.35. The largest absolute Gasteiger partial charge is 0.390 e. The van der Waals surface area contributed by atoms with Crippen LogP contribution in [0.15, 0.2) is 52.5 Å². The van der Waals surface area contributed by atoms with Gasteiger partial charge in [0.05, 0.1) is 23.1 Å². The fourth-order valence-electron chi connectivity index (χ4n) is 3.61. The normalized spacial score (nSPS) is 22.8. The molecule has 1 fully saturated rings. The minimum absolute atomic E-state index is 0.0645. The van der Waals surface area contributed by atoms with Crippen molar-refractivity contribution in [2.75, 3.05) is 13.1 Å². The fraction of sp³-hybridized carbons (Fsp3) is 0.316. The molecule has 0 aliphatic carbocycles. The molecule has 2 aromatic rings. The molecule has 136 valence electrons. The summed E-state index contributed by atoms with van der Waals surface area (Å²) in [5, 5.41) is 4.69. The highest BCUT2D eigenvalue weighted by Gasteiger charge is 2.47. The van der Waals surface area contributed by atoms with Crippen LogP contribution in [-0.4, -0.2) is 37.6 Å². The number of rotatable bonds is 3. The molecule has 26 heavy (non-hydrogen) atoms. The van der Waals surface area contributed by atoms with Gasteiger partial charge in [-0.15, -0.1) is 0 Å². The summed E-state index contributed by atoms with van der Waals surface area (Å²) in [6.45, 7) is 4.39. The molecule has 0 bridgehead atoms. The average molecular weight is 391 g/mol. The lowest BCUT2D eigenvalue weighted by Crippen LogP contribution is -2.31. The van der Waals surface area contributed by atoms with Gasteiger partial charge in [-0.25, -0.2) is 8.42 Å². The van der Waals surface area contributed by atoms with E-state index in [0.29, 0.717) is 17.1 Å². The van der Waals surface area contributed by atoms with Crippen molar-refractivity contribution in [1.82, 2.24) is 4.31 Å². The van der Waals surface area contributed by atoms with Gasteiger partial charge in [-0.05, 0) is 37.1 Å². The van der Waals surface area contributed by atoms with E-state index in [1.807, 2.05) is 31.2 Å². The van der Waals surface area contributed by atoms with Gasteiger partial charge < -0.3 is 4.84 Å². The van der Waals surface area contributed by atoms with Gasteiger partial charge in [-0.2, -0.15) is 4.31 Å². The van der Waals surface area contributed by atoms with Gasteiger partial charge in [0.1, 0.15) is 0 Å². The highest BCUT2D eigenvalue weighted by molar-refractivity contribution is 7.89. The third-order valence-electron chi connectivity index (χ3n) is 5.13. The summed E-state index contributed by atoms with van der Waals surface area (Å²) < 4.78 is 27.7. The van der Waals surface area contributed by atoms with Gasteiger partial charge in [0.2, 0.25) is 10.0 Å². The van der Waals surface area contributed by atoms with E-state index >= 15 is 0 Å². The van der Waals surface area contributed by atoms with Crippen LogP contribution in [0, 0.1) is 19.8 Å². The van der Waals surface area contributed by atoms with Crippen molar-refractivity contribution < 1.29 is 13.3 Å².